The first-order valence-corrected chi connectivity index (χ1v) is 11.9. The van der Waals surface area contributed by atoms with Gasteiger partial charge in [0.15, 0.2) is 5.11 Å². The summed E-state index contributed by atoms with van der Waals surface area (Å²) in [5.41, 5.74) is 4.57. The fraction of sp³-hybridized carbons (Fsp3) is 0.185. The van der Waals surface area contributed by atoms with Crippen LogP contribution in [0, 0.1) is 0 Å². The van der Waals surface area contributed by atoms with Gasteiger partial charge in [0.05, 0.1) is 7.11 Å². The van der Waals surface area contributed by atoms with Gasteiger partial charge in [-0.15, -0.1) is 10.2 Å². The SMILES string of the molecule is COc1ccc(NC(=S)N2CCN(c3nnc(-c4ccccc4)c(-c4ccccc4)n3)CC2)cc1. The Morgan fingerprint density at radius 2 is 1.37 bits per heavy atom. The van der Waals surface area contributed by atoms with E-state index in [9.17, 15) is 0 Å². The van der Waals surface area contributed by atoms with Gasteiger partial charge < -0.3 is 19.9 Å². The second-order valence-corrected chi connectivity index (χ2v) is 8.56. The Morgan fingerprint density at radius 3 is 1.97 bits per heavy atom. The average molecular weight is 483 g/mol. The molecule has 2 heterocycles. The largest absolute Gasteiger partial charge is 0.497 e. The molecule has 1 aliphatic heterocycles. The molecule has 0 aliphatic carbocycles. The van der Waals surface area contributed by atoms with Gasteiger partial charge in [-0.05, 0) is 36.5 Å². The third kappa shape index (κ3) is 5.22. The minimum Gasteiger partial charge on any atom is -0.497 e. The van der Waals surface area contributed by atoms with E-state index in [0.717, 1.165) is 60.1 Å². The minimum absolute atomic E-state index is 0.636. The van der Waals surface area contributed by atoms with Gasteiger partial charge in [-0.25, -0.2) is 4.98 Å². The summed E-state index contributed by atoms with van der Waals surface area (Å²) < 4.78 is 5.22. The smallest absolute Gasteiger partial charge is 0.246 e. The molecule has 1 aliphatic rings. The van der Waals surface area contributed by atoms with Crippen molar-refractivity contribution in [2.45, 2.75) is 0 Å². The molecule has 5 rings (SSSR count). The standard InChI is InChI=1S/C27H26N6OS/c1-34-23-14-12-22(13-15-23)28-27(35)33-18-16-32(17-19-33)26-29-24(20-8-4-2-5-9-20)25(30-31-26)21-10-6-3-7-11-21/h2-15H,16-19H2,1H3,(H,28,35). The molecule has 0 unspecified atom stereocenters. The highest BCUT2D eigenvalue weighted by Gasteiger charge is 2.23. The van der Waals surface area contributed by atoms with Gasteiger partial charge in [-0.2, -0.15) is 0 Å². The highest BCUT2D eigenvalue weighted by molar-refractivity contribution is 7.80. The summed E-state index contributed by atoms with van der Waals surface area (Å²) in [6.07, 6.45) is 0. The van der Waals surface area contributed by atoms with Crippen LogP contribution < -0.4 is 15.0 Å². The van der Waals surface area contributed by atoms with Crippen LogP contribution in [-0.4, -0.2) is 58.5 Å². The maximum atomic E-state index is 5.65. The van der Waals surface area contributed by atoms with E-state index >= 15 is 0 Å². The molecule has 0 bridgehead atoms. The summed E-state index contributed by atoms with van der Waals surface area (Å²) in [4.78, 5) is 9.30. The average Bonchev–Trinajstić information content (AvgIpc) is 2.94. The molecule has 1 fully saturated rings. The summed E-state index contributed by atoms with van der Waals surface area (Å²) in [5.74, 6) is 1.45. The van der Waals surface area contributed by atoms with Crippen LogP contribution in [0.4, 0.5) is 11.6 Å². The van der Waals surface area contributed by atoms with Crippen LogP contribution in [-0.2, 0) is 0 Å². The van der Waals surface area contributed by atoms with Gasteiger partial charge in [-0.3, -0.25) is 0 Å². The molecular formula is C27H26N6OS. The fourth-order valence-electron chi connectivity index (χ4n) is 4.03. The second-order valence-electron chi connectivity index (χ2n) is 8.17. The molecule has 0 saturated carbocycles. The van der Waals surface area contributed by atoms with E-state index in [2.05, 4.69) is 37.4 Å². The zero-order valence-corrected chi connectivity index (χ0v) is 20.3. The topological polar surface area (TPSA) is 66.4 Å². The summed E-state index contributed by atoms with van der Waals surface area (Å²) >= 11 is 5.65. The third-order valence-corrected chi connectivity index (χ3v) is 6.32. The van der Waals surface area contributed by atoms with Crippen molar-refractivity contribution in [1.82, 2.24) is 20.1 Å². The third-order valence-electron chi connectivity index (χ3n) is 5.96. The predicted molar refractivity (Wildman–Crippen MR) is 144 cm³/mol. The van der Waals surface area contributed by atoms with Gasteiger partial charge >= 0.3 is 0 Å². The molecular weight excluding hydrogens is 456 g/mol. The van der Waals surface area contributed by atoms with Crippen LogP contribution in [0.15, 0.2) is 84.9 Å². The van der Waals surface area contributed by atoms with Crippen molar-refractivity contribution in [1.29, 1.82) is 0 Å². The van der Waals surface area contributed by atoms with Crippen LogP contribution in [0.1, 0.15) is 0 Å². The van der Waals surface area contributed by atoms with E-state index in [4.69, 9.17) is 21.9 Å². The summed E-state index contributed by atoms with van der Waals surface area (Å²) in [6, 6.07) is 28.0. The zero-order valence-electron chi connectivity index (χ0n) is 19.5. The lowest BCUT2D eigenvalue weighted by atomic mass is 10.0. The van der Waals surface area contributed by atoms with Gasteiger partial charge in [0.2, 0.25) is 5.95 Å². The van der Waals surface area contributed by atoms with E-state index in [0.29, 0.717) is 11.1 Å². The highest BCUT2D eigenvalue weighted by atomic mass is 32.1. The van der Waals surface area contributed by atoms with Crippen molar-refractivity contribution in [2.24, 2.45) is 0 Å². The number of nitrogens with one attached hydrogen (secondary N) is 1. The van der Waals surface area contributed by atoms with Crippen molar-refractivity contribution in [3.05, 3.63) is 84.9 Å². The van der Waals surface area contributed by atoms with E-state index in [-0.39, 0.29) is 0 Å². The molecule has 0 atom stereocenters. The lowest BCUT2D eigenvalue weighted by Gasteiger charge is -2.36. The minimum atomic E-state index is 0.636. The maximum absolute atomic E-state index is 5.65. The number of aromatic nitrogens is 3. The molecule has 0 radical (unpaired) electrons. The van der Waals surface area contributed by atoms with Crippen LogP contribution in [0.3, 0.4) is 0 Å². The van der Waals surface area contributed by atoms with Crippen molar-refractivity contribution in [3.8, 4) is 28.3 Å². The first-order chi connectivity index (χ1) is 17.2. The fourth-order valence-corrected chi connectivity index (χ4v) is 4.33. The number of benzene rings is 3. The lowest BCUT2D eigenvalue weighted by molar-refractivity contribution is 0.387. The molecule has 176 valence electrons. The number of hydrogen-bond acceptors (Lipinski definition) is 6. The van der Waals surface area contributed by atoms with Crippen molar-refractivity contribution in [3.63, 3.8) is 0 Å². The number of thiocarbonyl (C=S) groups is 1. The summed E-state index contributed by atoms with van der Waals surface area (Å²) in [7, 11) is 1.66. The Hall–Kier alpha value is -4.04. The number of nitrogens with zero attached hydrogens (tertiary/aromatic N) is 5. The van der Waals surface area contributed by atoms with Crippen molar-refractivity contribution in [2.75, 3.05) is 43.5 Å². The first kappa shape index (κ1) is 22.7. The van der Waals surface area contributed by atoms with E-state index in [1.807, 2.05) is 72.8 Å². The number of piperazine rings is 1. The molecule has 35 heavy (non-hydrogen) atoms. The van der Waals surface area contributed by atoms with Gasteiger partial charge in [0.25, 0.3) is 0 Å². The molecule has 8 heteroatoms. The maximum Gasteiger partial charge on any atom is 0.246 e. The Labute approximate surface area is 210 Å². The molecule has 7 nitrogen and oxygen atoms in total. The normalized spacial score (nSPS) is 13.4. The Balaban J connectivity index is 1.31. The first-order valence-electron chi connectivity index (χ1n) is 11.5. The van der Waals surface area contributed by atoms with E-state index < -0.39 is 0 Å². The Kier molecular flexibility index (Phi) is 6.81. The summed E-state index contributed by atoms with van der Waals surface area (Å²) in [5, 5.41) is 13.1. The van der Waals surface area contributed by atoms with Crippen LogP contribution in [0.25, 0.3) is 22.5 Å². The Bertz CT molecular complexity index is 1280. The molecule has 1 aromatic heterocycles. The molecule has 4 aromatic rings. The Morgan fingerprint density at radius 1 is 0.771 bits per heavy atom. The quantitative estimate of drug-likeness (QED) is 0.410. The lowest BCUT2D eigenvalue weighted by Crippen LogP contribution is -2.50. The highest BCUT2D eigenvalue weighted by Crippen LogP contribution is 2.29. The monoisotopic (exact) mass is 482 g/mol. The van der Waals surface area contributed by atoms with Crippen LogP contribution in [0.5, 0.6) is 5.75 Å². The van der Waals surface area contributed by atoms with Gasteiger partial charge in [0.1, 0.15) is 17.1 Å². The zero-order chi connectivity index (χ0) is 24.0. The van der Waals surface area contributed by atoms with Gasteiger partial charge in [-0.1, -0.05) is 60.7 Å². The number of ether oxygens (including phenoxy) is 1. The van der Waals surface area contributed by atoms with E-state index in [1.54, 1.807) is 7.11 Å². The molecule has 3 aromatic carbocycles. The number of anilines is 2. The number of rotatable bonds is 5. The van der Waals surface area contributed by atoms with Gasteiger partial charge in [0, 0.05) is 43.0 Å². The van der Waals surface area contributed by atoms with Crippen molar-refractivity contribution >= 4 is 29.0 Å². The number of methoxy groups -OCH3 is 1. The molecule has 0 amide bonds. The van der Waals surface area contributed by atoms with Crippen LogP contribution >= 0.6 is 12.2 Å². The summed E-state index contributed by atoms with van der Waals surface area (Å²) in [6.45, 7) is 3.05. The molecule has 1 saturated heterocycles. The second kappa shape index (κ2) is 10.5. The van der Waals surface area contributed by atoms with Crippen LogP contribution in [0.2, 0.25) is 0 Å². The molecule has 0 spiro atoms. The van der Waals surface area contributed by atoms with Crippen molar-refractivity contribution < 1.29 is 4.74 Å². The number of hydrogen-bond donors (Lipinski definition) is 1. The predicted octanol–water partition coefficient (Wildman–Crippen LogP) is 4.73. The van der Waals surface area contributed by atoms with E-state index in [1.165, 1.54) is 0 Å². The molecule has 1 N–H and O–H groups in total.